The molecule has 0 radical (unpaired) electrons. The highest BCUT2D eigenvalue weighted by molar-refractivity contribution is 5.30. The van der Waals surface area contributed by atoms with E-state index >= 15 is 0 Å². The molecule has 2 heterocycles. The van der Waals surface area contributed by atoms with Crippen LogP contribution in [0.4, 0.5) is 0 Å². The molecule has 0 saturated carbocycles. The van der Waals surface area contributed by atoms with Crippen LogP contribution in [0.1, 0.15) is 38.6 Å². The van der Waals surface area contributed by atoms with Gasteiger partial charge in [0.2, 0.25) is 0 Å². The van der Waals surface area contributed by atoms with E-state index in [-0.39, 0.29) is 0 Å². The van der Waals surface area contributed by atoms with E-state index in [1.165, 1.54) is 5.69 Å². The van der Waals surface area contributed by atoms with Gasteiger partial charge in [-0.3, -0.25) is 0 Å². The van der Waals surface area contributed by atoms with E-state index in [2.05, 4.69) is 47.2 Å². The summed E-state index contributed by atoms with van der Waals surface area (Å²) in [6.45, 7) is 9.74. The van der Waals surface area contributed by atoms with Crippen molar-refractivity contribution in [1.82, 2.24) is 24.9 Å². The summed E-state index contributed by atoms with van der Waals surface area (Å²) in [5, 5.41) is 7.88. The van der Waals surface area contributed by atoms with Crippen molar-refractivity contribution < 1.29 is 0 Å². The van der Waals surface area contributed by atoms with Gasteiger partial charge in [-0.05, 0) is 31.9 Å². The van der Waals surface area contributed by atoms with Gasteiger partial charge in [0.25, 0.3) is 5.78 Å². The van der Waals surface area contributed by atoms with Crippen LogP contribution >= 0.6 is 0 Å². The Morgan fingerprint density at radius 1 is 1.37 bits per heavy atom. The zero-order valence-corrected chi connectivity index (χ0v) is 12.2. The van der Waals surface area contributed by atoms with Gasteiger partial charge < -0.3 is 5.32 Å². The molecule has 0 bridgehead atoms. The highest BCUT2D eigenvalue weighted by Gasteiger charge is 2.16. The molecule has 0 amide bonds. The van der Waals surface area contributed by atoms with Crippen molar-refractivity contribution in [1.29, 1.82) is 0 Å². The number of rotatable bonds is 6. The van der Waals surface area contributed by atoms with Crippen molar-refractivity contribution >= 4 is 5.78 Å². The first kappa shape index (κ1) is 13.9. The highest BCUT2D eigenvalue weighted by Crippen LogP contribution is 2.12. The lowest BCUT2D eigenvalue weighted by atomic mass is 9.98. The van der Waals surface area contributed by atoms with Crippen molar-refractivity contribution in [2.24, 2.45) is 5.92 Å². The molecule has 104 valence electrons. The Labute approximate surface area is 114 Å². The van der Waals surface area contributed by atoms with Crippen LogP contribution in [0.2, 0.25) is 0 Å². The molecule has 1 atom stereocenters. The lowest BCUT2D eigenvalue weighted by Gasteiger charge is -2.22. The van der Waals surface area contributed by atoms with Crippen LogP contribution in [0, 0.1) is 12.8 Å². The first-order valence-corrected chi connectivity index (χ1v) is 7.01. The number of fused-ring (bicyclic) bond motifs is 1. The fourth-order valence-corrected chi connectivity index (χ4v) is 2.25. The molecule has 0 aliphatic heterocycles. The molecule has 2 aromatic heterocycles. The SMILES string of the molecule is CCCNC(Cc1cc(C)nc2ncnn12)C(C)C. The number of aromatic nitrogens is 4. The van der Waals surface area contributed by atoms with E-state index in [1.54, 1.807) is 6.33 Å². The van der Waals surface area contributed by atoms with E-state index < -0.39 is 0 Å². The molecule has 5 nitrogen and oxygen atoms in total. The normalized spacial score (nSPS) is 13.3. The van der Waals surface area contributed by atoms with Crippen molar-refractivity contribution in [2.45, 2.75) is 46.6 Å². The van der Waals surface area contributed by atoms with E-state index in [4.69, 9.17) is 0 Å². The zero-order valence-electron chi connectivity index (χ0n) is 12.2. The molecule has 0 aliphatic rings. The molecular weight excluding hydrogens is 238 g/mol. The highest BCUT2D eigenvalue weighted by atomic mass is 15.3. The molecule has 1 unspecified atom stereocenters. The molecule has 5 heteroatoms. The minimum absolute atomic E-state index is 0.453. The third-order valence-electron chi connectivity index (χ3n) is 3.34. The molecule has 0 fully saturated rings. The maximum atomic E-state index is 4.38. The third-order valence-corrected chi connectivity index (χ3v) is 3.34. The van der Waals surface area contributed by atoms with Gasteiger partial charge in [0, 0.05) is 23.9 Å². The maximum Gasteiger partial charge on any atom is 0.252 e. The summed E-state index contributed by atoms with van der Waals surface area (Å²) in [5.74, 6) is 1.27. The number of hydrogen-bond donors (Lipinski definition) is 1. The Kier molecular flexibility index (Phi) is 4.47. The predicted molar refractivity (Wildman–Crippen MR) is 76.1 cm³/mol. The summed E-state index contributed by atoms with van der Waals surface area (Å²) in [4.78, 5) is 8.55. The molecule has 0 spiro atoms. The largest absolute Gasteiger partial charge is 0.313 e. The van der Waals surface area contributed by atoms with E-state index in [0.29, 0.717) is 17.7 Å². The van der Waals surface area contributed by atoms with Gasteiger partial charge in [-0.2, -0.15) is 10.1 Å². The smallest absolute Gasteiger partial charge is 0.252 e. The monoisotopic (exact) mass is 261 g/mol. The van der Waals surface area contributed by atoms with Crippen LogP contribution < -0.4 is 5.32 Å². The van der Waals surface area contributed by atoms with Gasteiger partial charge in [0.1, 0.15) is 6.33 Å². The summed E-state index contributed by atoms with van der Waals surface area (Å²) in [6.07, 6.45) is 3.66. The molecule has 1 N–H and O–H groups in total. The fraction of sp³-hybridized carbons (Fsp3) is 0.643. The Morgan fingerprint density at radius 2 is 2.16 bits per heavy atom. The summed E-state index contributed by atoms with van der Waals surface area (Å²) in [5.41, 5.74) is 2.16. The van der Waals surface area contributed by atoms with Gasteiger partial charge in [-0.15, -0.1) is 0 Å². The van der Waals surface area contributed by atoms with E-state index in [9.17, 15) is 0 Å². The minimum Gasteiger partial charge on any atom is -0.313 e. The van der Waals surface area contributed by atoms with Gasteiger partial charge in [0.15, 0.2) is 0 Å². The van der Waals surface area contributed by atoms with Gasteiger partial charge in [0.05, 0.1) is 0 Å². The second kappa shape index (κ2) is 6.10. The lowest BCUT2D eigenvalue weighted by molar-refractivity contribution is 0.392. The van der Waals surface area contributed by atoms with Crippen LogP contribution in [0.5, 0.6) is 0 Å². The molecular formula is C14H23N5. The van der Waals surface area contributed by atoms with Gasteiger partial charge >= 0.3 is 0 Å². The predicted octanol–water partition coefficient (Wildman–Crippen LogP) is 2.00. The second-order valence-corrected chi connectivity index (χ2v) is 5.37. The molecule has 0 aliphatic carbocycles. The minimum atomic E-state index is 0.453. The lowest BCUT2D eigenvalue weighted by Crippen LogP contribution is -2.36. The van der Waals surface area contributed by atoms with Gasteiger partial charge in [-0.25, -0.2) is 9.50 Å². The van der Waals surface area contributed by atoms with Crippen LogP contribution in [0.25, 0.3) is 5.78 Å². The Hall–Kier alpha value is -1.49. The zero-order chi connectivity index (χ0) is 13.8. The molecule has 2 rings (SSSR count). The Morgan fingerprint density at radius 3 is 2.84 bits per heavy atom. The van der Waals surface area contributed by atoms with Crippen LogP contribution in [0.15, 0.2) is 12.4 Å². The van der Waals surface area contributed by atoms with Crippen LogP contribution in [-0.4, -0.2) is 32.2 Å². The van der Waals surface area contributed by atoms with Crippen molar-refractivity contribution in [3.05, 3.63) is 23.8 Å². The number of nitrogens with one attached hydrogen (secondary N) is 1. The average Bonchev–Trinajstić information content (AvgIpc) is 2.81. The number of hydrogen-bond acceptors (Lipinski definition) is 4. The molecule has 2 aromatic rings. The molecule has 0 aromatic carbocycles. The molecule has 0 saturated heterocycles. The molecule has 19 heavy (non-hydrogen) atoms. The van der Waals surface area contributed by atoms with E-state index in [0.717, 1.165) is 25.1 Å². The quantitative estimate of drug-likeness (QED) is 0.864. The van der Waals surface area contributed by atoms with Crippen LogP contribution in [0.3, 0.4) is 0 Å². The standard InChI is InChI=1S/C14H23N5/c1-5-6-15-13(10(2)3)8-12-7-11(4)18-14-16-9-17-19(12)14/h7,9-10,13,15H,5-6,8H2,1-4H3. The van der Waals surface area contributed by atoms with Crippen molar-refractivity contribution in [2.75, 3.05) is 6.54 Å². The third kappa shape index (κ3) is 3.29. The summed E-state index contributed by atoms with van der Waals surface area (Å²) >= 11 is 0. The topological polar surface area (TPSA) is 55.1 Å². The average molecular weight is 261 g/mol. The summed E-state index contributed by atoms with van der Waals surface area (Å²) in [7, 11) is 0. The Bertz CT molecular complexity index is 532. The number of nitrogens with zero attached hydrogens (tertiary/aromatic N) is 4. The van der Waals surface area contributed by atoms with Crippen molar-refractivity contribution in [3.8, 4) is 0 Å². The first-order chi connectivity index (χ1) is 9.11. The maximum absolute atomic E-state index is 4.38. The van der Waals surface area contributed by atoms with Crippen molar-refractivity contribution in [3.63, 3.8) is 0 Å². The van der Waals surface area contributed by atoms with Gasteiger partial charge in [-0.1, -0.05) is 20.8 Å². The van der Waals surface area contributed by atoms with E-state index in [1.807, 2.05) is 11.4 Å². The Balaban J connectivity index is 2.25. The number of aryl methyl sites for hydroxylation is 1. The first-order valence-electron chi connectivity index (χ1n) is 7.01. The second-order valence-electron chi connectivity index (χ2n) is 5.37. The summed E-state index contributed by atoms with van der Waals surface area (Å²) < 4.78 is 1.84. The summed E-state index contributed by atoms with van der Waals surface area (Å²) in [6, 6.07) is 2.55. The van der Waals surface area contributed by atoms with Crippen LogP contribution in [-0.2, 0) is 6.42 Å². The fourth-order valence-electron chi connectivity index (χ4n) is 2.25.